The number of ether oxygens (including phenoxy) is 1. The molecule has 5 nitrogen and oxygen atoms in total. The van der Waals surface area contributed by atoms with Crippen molar-refractivity contribution in [1.29, 1.82) is 0 Å². The lowest BCUT2D eigenvalue weighted by Gasteiger charge is -2.21. The van der Waals surface area contributed by atoms with Crippen molar-refractivity contribution < 1.29 is 4.74 Å². The van der Waals surface area contributed by atoms with Crippen molar-refractivity contribution in [2.75, 3.05) is 11.1 Å². The van der Waals surface area contributed by atoms with Gasteiger partial charge in [-0.1, -0.05) is 20.3 Å². The maximum absolute atomic E-state index is 6.01. The highest BCUT2D eigenvalue weighted by molar-refractivity contribution is 5.66. The van der Waals surface area contributed by atoms with Gasteiger partial charge in [-0.05, 0) is 26.7 Å². The Labute approximate surface area is 109 Å². The van der Waals surface area contributed by atoms with E-state index in [-0.39, 0.29) is 6.10 Å². The molecule has 0 amide bonds. The first kappa shape index (κ1) is 14.5. The number of nitrogen functional groups attached to an aromatic ring is 1. The van der Waals surface area contributed by atoms with Crippen LogP contribution in [0, 0.1) is 5.92 Å². The van der Waals surface area contributed by atoms with Gasteiger partial charge < -0.3 is 15.8 Å². The molecule has 1 aromatic rings. The zero-order valence-corrected chi connectivity index (χ0v) is 11.9. The van der Waals surface area contributed by atoms with E-state index in [1.807, 2.05) is 13.8 Å². The minimum atomic E-state index is 0.0436. The second-order valence-electron chi connectivity index (χ2n) is 4.93. The number of hydrogen-bond acceptors (Lipinski definition) is 5. The van der Waals surface area contributed by atoms with Gasteiger partial charge >= 0.3 is 0 Å². The van der Waals surface area contributed by atoms with Gasteiger partial charge in [0.15, 0.2) is 5.82 Å². The van der Waals surface area contributed by atoms with E-state index in [1.165, 1.54) is 6.33 Å². The van der Waals surface area contributed by atoms with Crippen molar-refractivity contribution in [2.45, 2.75) is 53.2 Å². The van der Waals surface area contributed by atoms with Crippen LogP contribution in [-0.2, 0) is 0 Å². The average molecular weight is 252 g/mol. The van der Waals surface area contributed by atoms with Gasteiger partial charge in [0, 0.05) is 6.04 Å². The summed E-state index contributed by atoms with van der Waals surface area (Å²) >= 11 is 0. The van der Waals surface area contributed by atoms with Crippen molar-refractivity contribution in [3.63, 3.8) is 0 Å². The number of nitrogens with two attached hydrogens (primary N) is 1. The highest BCUT2D eigenvalue weighted by Crippen LogP contribution is 2.26. The monoisotopic (exact) mass is 252 g/mol. The van der Waals surface area contributed by atoms with Crippen LogP contribution < -0.4 is 15.8 Å². The first-order chi connectivity index (χ1) is 8.45. The van der Waals surface area contributed by atoms with E-state index in [2.05, 4.69) is 36.1 Å². The Morgan fingerprint density at radius 1 is 1.28 bits per heavy atom. The molecule has 0 aliphatic carbocycles. The molecule has 0 fully saturated rings. The molecule has 0 aromatic carbocycles. The SMILES string of the molecule is CCC(C)C(C)Nc1ncnc(OC(C)C)c1N. The van der Waals surface area contributed by atoms with Crippen LogP contribution in [0.2, 0.25) is 0 Å². The topological polar surface area (TPSA) is 73.1 Å². The van der Waals surface area contributed by atoms with E-state index in [9.17, 15) is 0 Å². The summed E-state index contributed by atoms with van der Waals surface area (Å²) in [5, 5.41) is 3.32. The largest absolute Gasteiger partial charge is 0.473 e. The van der Waals surface area contributed by atoms with E-state index in [4.69, 9.17) is 10.5 Å². The van der Waals surface area contributed by atoms with E-state index in [0.717, 1.165) is 6.42 Å². The molecule has 0 radical (unpaired) electrons. The lowest BCUT2D eigenvalue weighted by atomic mass is 10.0. The molecule has 0 aliphatic rings. The van der Waals surface area contributed by atoms with Crippen LogP contribution in [0.25, 0.3) is 0 Å². The highest BCUT2D eigenvalue weighted by Gasteiger charge is 2.15. The second-order valence-corrected chi connectivity index (χ2v) is 4.93. The van der Waals surface area contributed by atoms with Crippen LogP contribution in [0.4, 0.5) is 11.5 Å². The first-order valence-corrected chi connectivity index (χ1v) is 6.49. The molecule has 3 N–H and O–H groups in total. The molecule has 18 heavy (non-hydrogen) atoms. The summed E-state index contributed by atoms with van der Waals surface area (Å²) < 4.78 is 5.54. The number of hydrogen-bond donors (Lipinski definition) is 2. The van der Waals surface area contributed by atoms with Crippen LogP contribution >= 0.6 is 0 Å². The maximum Gasteiger partial charge on any atom is 0.242 e. The average Bonchev–Trinajstić information content (AvgIpc) is 2.32. The Kier molecular flexibility index (Phi) is 5.19. The summed E-state index contributed by atoms with van der Waals surface area (Å²) in [6.45, 7) is 10.4. The normalized spacial score (nSPS) is 14.3. The zero-order chi connectivity index (χ0) is 13.7. The maximum atomic E-state index is 6.01. The van der Waals surface area contributed by atoms with Gasteiger partial charge in [0.1, 0.15) is 12.0 Å². The van der Waals surface area contributed by atoms with E-state index in [1.54, 1.807) is 0 Å². The van der Waals surface area contributed by atoms with Crippen LogP contribution in [-0.4, -0.2) is 22.1 Å². The minimum Gasteiger partial charge on any atom is -0.473 e. The van der Waals surface area contributed by atoms with Crippen molar-refractivity contribution >= 4 is 11.5 Å². The van der Waals surface area contributed by atoms with Crippen molar-refractivity contribution in [2.24, 2.45) is 5.92 Å². The fraction of sp³-hybridized carbons (Fsp3) is 0.692. The lowest BCUT2D eigenvalue weighted by Crippen LogP contribution is -2.24. The van der Waals surface area contributed by atoms with Gasteiger partial charge in [0.25, 0.3) is 0 Å². The van der Waals surface area contributed by atoms with Crippen LogP contribution in [0.3, 0.4) is 0 Å². The number of nitrogens with one attached hydrogen (secondary N) is 1. The third kappa shape index (κ3) is 3.75. The molecular weight excluding hydrogens is 228 g/mol. The highest BCUT2D eigenvalue weighted by atomic mass is 16.5. The molecule has 1 heterocycles. The predicted molar refractivity (Wildman–Crippen MR) is 74.7 cm³/mol. The van der Waals surface area contributed by atoms with E-state index >= 15 is 0 Å². The quantitative estimate of drug-likeness (QED) is 0.814. The van der Waals surface area contributed by atoms with Gasteiger partial charge in [-0.3, -0.25) is 0 Å². The number of anilines is 2. The van der Waals surface area contributed by atoms with Crippen LogP contribution in [0.1, 0.15) is 41.0 Å². The minimum absolute atomic E-state index is 0.0436. The van der Waals surface area contributed by atoms with Gasteiger partial charge in [-0.2, -0.15) is 4.98 Å². The standard InChI is InChI=1S/C13H24N4O/c1-6-9(4)10(5)17-12-11(14)13(16-7-15-12)18-8(2)3/h7-10H,6,14H2,1-5H3,(H,15,16,17). The van der Waals surface area contributed by atoms with Crippen molar-refractivity contribution in [3.8, 4) is 5.88 Å². The smallest absolute Gasteiger partial charge is 0.242 e. The molecule has 5 heteroatoms. The third-order valence-electron chi connectivity index (χ3n) is 3.06. The molecule has 2 unspecified atom stereocenters. The Balaban J connectivity index is 2.83. The molecule has 0 saturated heterocycles. The Hall–Kier alpha value is -1.52. The van der Waals surface area contributed by atoms with Crippen LogP contribution in [0.15, 0.2) is 6.33 Å². The lowest BCUT2D eigenvalue weighted by molar-refractivity contribution is 0.234. The Morgan fingerprint density at radius 3 is 2.50 bits per heavy atom. The summed E-state index contributed by atoms with van der Waals surface area (Å²) in [7, 11) is 0. The van der Waals surface area contributed by atoms with Gasteiger partial charge in [-0.25, -0.2) is 4.98 Å². The Morgan fingerprint density at radius 2 is 1.94 bits per heavy atom. The summed E-state index contributed by atoms with van der Waals surface area (Å²) in [5.74, 6) is 1.64. The van der Waals surface area contributed by atoms with Crippen LogP contribution in [0.5, 0.6) is 5.88 Å². The molecule has 0 bridgehead atoms. The van der Waals surface area contributed by atoms with E-state index in [0.29, 0.717) is 29.3 Å². The summed E-state index contributed by atoms with van der Waals surface area (Å²) in [6.07, 6.45) is 2.62. The molecular formula is C13H24N4O. The van der Waals surface area contributed by atoms with Gasteiger partial charge in [0.05, 0.1) is 6.10 Å². The van der Waals surface area contributed by atoms with Gasteiger partial charge in [-0.15, -0.1) is 0 Å². The first-order valence-electron chi connectivity index (χ1n) is 6.49. The summed E-state index contributed by atoms with van der Waals surface area (Å²) in [4.78, 5) is 8.23. The summed E-state index contributed by atoms with van der Waals surface area (Å²) in [5.41, 5.74) is 6.48. The number of nitrogens with zero attached hydrogens (tertiary/aromatic N) is 2. The summed E-state index contributed by atoms with van der Waals surface area (Å²) in [6, 6.07) is 0.305. The van der Waals surface area contributed by atoms with Gasteiger partial charge in [0.2, 0.25) is 5.88 Å². The fourth-order valence-electron chi connectivity index (χ4n) is 1.52. The molecule has 0 spiro atoms. The van der Waals surface area contributed by atoms with E-state index < -0.39 is 0 Å². The number of rotatable bonds is 6. The molecule has 1 aromatic heterocycles. The predicted octanol–water partition coefficient (Wildman–Crippen LogP) is 2.69. The van der Waals surface area contributed by atoms with Crippen molar-refractivity contribution in [3.05, 3.63) is 6.33 Å². The molecule has 0 saturated carbocycles. The third-order valence-corrected chi connectivity index (χ3v) is 3.06. The second kappa shape index (κ2) is 6.42. The molecule has 0 aliphatic heterocycles. The Bertz CT molecular complexity index is 381. The molecule has 102 valence electrons. The molecule has 2 atom stereocenters. The molecule has 1 rings (SSSR count). The zero-order valence-electron chi connectivity index (χ0n) is 11.9. The fourth-order valence-corrected chi connectivity index (χ4v) is 1.52. The number of aromatic nitrogens is 2. The van der Waals surface area contributed by atoms with Crippen molar-refractivity contribution in [1.82, 2.24) is 9.97 Å².